The van der Waals surface area contributed by atoms with E-state index in [1.165, 1.54) is 11.8 Å². The molecule has 0 bridgehead atoms. The number of nitrogens with one attached hydrogen (secondary N) is 3. The fraction of sp³-hybridized carbons (Fsp3) is 0.364. The molecule has 1 saturated carbocycles. The molecule has 3 aromatic rings. The van der Waals surface area contributed by atoms with E-state index in [4.69, 9.17) is 9.98 Å². The van der Waals surface area contributed by atoms with Crippen molar-refractivity contribution in [3.8, 4) is 5.88 Å². The molecule has 12 nitrogen and oxygen atoms in total. The Hall–Kier alpha value is -3.87. The van der Waals surface area contributed by atoms with E-state index in [9.17, 15) is 19.5 Å². The van der Waals surface area contributed by atoms with Crippen molar-refractivity contribution in [1.82, 2.24) is 34.8 Å². The second-order valence-electron chi connectivity index (χ2n) is 8.71. The summed E-state index contributed by atoms with van der Waals surface area (Å²) in [5.41, 5.74) is 1.69. The predicted molar refractivity (Wildman–Crippen MR) is 126 cm³/mol. The lowest BCUT2D eigenvalue weighted by atomic mass is 10.2. The van der Waals surface area contributed by atoms with E-state index in [0.29, 0.717) is 40.8 Å². The van der Waals surface area contributed by atoms with Crippen molar-refractivity contribution in [3.63, 3.8) is 0 Å². The summed E-state index contributed by atoms with van der Waals surface area (Å²) in [4.78, 5) is 52.8. The number of piperazine rings is 1. The number of H-pyrrole nitrogens is 2. The van der Waals surface area contributed by atoms with Crippen LogP contribution in [0.2, 0.25) is 0 Å². The lowest BCUT2D eigenvalue weighted by Crippen LogP contribution is -2.50. The smallest absolute Gasteiger partial charge is 0.326 e. The number of thioether (sulfide) groups is 1. The zero-order chi connectivity index (χ0) is 24.1. The SMILES string of the molecule is O=C1CN(C(=O)C2=CCC(c3cc(=NC4CC4)n4ncc(=Cc5[nH]c(=O)[nH]c5O)c4n3)S2)CCN1. The third-order valence-electron chi connectivity index (χ3n) is 6.05. The molecule has 0 spiro atoms. The summed E-state index contributed by atoms with van der Waals surface area (Å²) >= 11 is 1.44. The Kier molecular flexibility index (Phi) is 5.20. The summed E-state index contributed by atoms with van der Waals surface area (Å²) in [6.45, 7) is 1.02. The van der Waals surface area contributed by atoms with E-state index >= 15 is 0 Å². The highest BCUT2D eigenvalue weighted by Gasteiger charge is 2.31. The van der Waals surface area contributed by atoms with Gasteiger partial charge < -0.3 is 20.3 Å². The summed E-state index contributed by atoms with van der Waals surface area (Å²) in [6, 6.07) is 2.16. The van der Waals surface area contributed by atoms with Crippen molar-refractivity contribution in [3.05, 3.63) is 55.8 Å². The van der Waals surface area contributed by atoms with Gasteiger partial charge in [0.25, 0.3) is 5.91 Å². The minimum atomic E-state index is -0.514. The monoisotopic (exact) mass is 494 g/mol. The summed E-state index contributed by atoms with van der Waals surface area (Å²) in [5.74, 6) is -0.553. The second kappa shape index (κ2) is 8.41. The summed E-state index contributed by atoms with van der Waals surface area (Å²) in [7, 11) is 0. The Morgan fingerprint density at radius 3 is 2.89 bits per heavy atom. The van der Waals surface area contributed by atoms with Crippen LogP contribution in [0.1, 0.15) is 35.9 Å². The normalized spacial score (nSPS) is 21.6. The molecule has 0 radical (unpaired) electrons. The molecule has 1 unspecified atom stereocenters. The molecule has 1 saturated heterocycles. The molecule has 6 rings (SSSR count). The van der Waals surface area contributed by atoms with Crippen LogP contribution in [0.3, 0.4) is 0 Å². The molecular formula is C22H22N8O4S. The number of aromatic nitrogens is 5. The molecule has 5 heterocycles. The minimum Gasteiger partial charge on any atom is -0.493 e. The number of nitrogens with zero attached hydrogens (tertiary/aromatic N) is 5. The van der Waals surface area contributed by atoms with Crippen LogP contribution in [0.4, 0.5) is 0 Å². The highest BCUT2D eigenvalue weighted by Crippen LogP contribution is 2.43. The molecule has 35 heavy (non-hydrogen) atoms. The number of rotatable bonds is 4. The number of imidazole rings is 1. The minimum absolute atomic E-state index is 0.0686. The Balaban J connectivity index is 1.35. The van der Waals surface area contributed by atoms with E-state index in [2.05, 4.69) is 20.4 Å². The average Bonchev–Trinajstić information content (AvgIpc) is 3.22. The number of allylic oxidation sites excluding steroid dienone is 1. The highest BCUT2D eigenvalue weighted by atomic mass is 32.2. The van der Waals surface area contributed by atoms with Crippen LogP contribution in [0.15, 0.2) is 33.0 Å². The van der Waals surface area contributed by atoms with E-state index in [1.807, 2.05) is 12.1 Å². The first kappa shape index (κ1) is 21.6. The molecule has 2 aliphatic heterocycles. The lowest BCUT2D eigenvalue weighted by molar-refractivity contribution is -0.134. The maximum atomic E-state index is 12.9. The van der Waals surface area contributed by atoms with Crippen molar-refractivity contribution in [1.29, 1.82) is 0 Å². The van der Waals surface area contributed by atoms with Crippen LogP contribution in [-0.2, 0) is 9.59 Å². The van der Waals surface area contributed by atoms with Crippen molar-refractivity contribution in [2.75, 3.05) is 19.6 Å². The largest absolute Gasteiger partial charge is 0.493 e. The Morgan fingerprint density at radius 1 is 1.29 bits per heavy atom. The van der Waals surface area contributed by atoms with E-state index in [0.717, 1.165) is 18.5 Å². The standard InChI is InChI=1S/C22H22N8O4S/c31-18-10-29(6-5-23-18)21(33)16-4-3-15(35-16)13-8-17(25-12-1-2-12)30-19(26-13)11(9-24-30)7-14-20(32)28-22(34)27-14/h4,7-9,12,15,32H,1-3,5-6,10H2,(H,23,31)(H2,27,28,34). The number of hydrogen-bond acceptors (Lipinski definition) is 8. The number of carbonyl (C=O) groups is 2. The molecule has 2 amide bonds. The van der Waals surface area contributed by atoms with E-state index in [-0.39, 0.29) is 41.2 Å². The van der Waals surface area contributed by atoms with Crippen LogP contribution >= 0.6 is 11.8 Å². The van der Waals surface area contributed by atoms with E-state index in [1.54, 1.807) is 21.7 Å². The Bertz CT molecular complexity index is 1560. The molecule has 2 fully saturated rings. The number of hydrogen-bond donors (Lipinski definition) is 4. The van der Waals surface area contributed by atoms with Gasteiger partial charge >= 0.3 is 5.69 Å². The summed E-state index contributed by atoms with van der Waals surface area (Å²) < 4.78 is 1.65. The molecule has 3 aromatic heterocycles. The van der Waals surface area contributed by atoms with Crippen LogP contribution in [-0.4, -0.2) is 72.1 Å². The first-order valence-electron chi connectivity index (χ1n) is 11.3. The second-order valence-corrected chi connectivity index (χ2v) is 9.95. The third-order valence-corrected chi connectivity index (χ3v) is 7.36. The van der Waals surface area contributed by atoms with Gasteiger partial charge in [-0.3, -0.25) is 19.6 Å². The van der Waals surface area contributed by atoms with Gasteiger partial charge in [0.05, 0.1) is 34.6 Å². The topological polar surface area (TPSA) is 161 Å². The Labute approximate surface area is 201 Å². The first-order valence-corrected chi connectivity index (χ1v) is 12.2. The molecule has 3 aliphatic rings. The van der Waals surface area contributed by atoms with Crippen molar-refractivity contribution in [2.45, 2.75) is 30.6 Å². The fourth-order valence-corrected chi connectivity index (χ4v) is 5.29. The average molecular weight is 495 g/mol. The Morgan fingerprint density at radius 2 is 2.14 bits per heavy atom. The van der Waals surface area contributed by atoms with Gasteiger partial charge in [-0.05, 0) is 25.3 Å². The molecular weight excluding hydrogens is 472 g/mol. The quantitative estimate of drug-likeness (QED) is 0.365. The van der Waals surface area contributed by atoms with Gasteiger partial charge in [-0.15, -0.1) is 11.8 Å². The summed E-state index contributed by atoms with van der Waals surface area (Å²) in [5, 5.41) is 17.7. The van der Waals surface area contributed by atoms with Crippen LogP contribution in [0.25, 0.3) is 11.7 Å². The maximum Gasteiger partial charge on any atom is 0.326 e. The van der Waals surface area contributed by atoms with Gasteiger partial charge in [-0.1, -0.05) is 6.08 Å². The van der Waals surface area contributed by atoms with E-state index < -0.39 is 5.69 Å². The van der Waals surface area contributed by atoms with Gasteiger partial charge in [-0.25, -0.2) is 9.78 Å². The summed E-state index contributed by atoms with van der Waals surface area (Å²) in [6.07, 6.45) is 7.79. The van der Waals surface area contributed by atoms with Crippen molar-refractivity contribution < 1.29 is 14.7 Å². The first-order chi connectivity index (χ1) is 16.9. The van der Waals surface area contributed by atoms with Crippen molar-refractivity contribution in [2.24, 2.45) is 4.99 Å². The lowest BCUT2D eigenvalue weighted by Gasteiger charge is -2.27. The molecule has 1 atom stereocenters. The van der Waals surface area contributed by atoms with Crippen molar-refractivity contribution >= 4 is 35.3 Å². The van der Waals surface area contributed by atoms with Crippen LogP contribution in [0, 0.1) is 0 Å². The van der Waals surface area contributed by atoms with Gasteiger partial charge in [-0.2, -0.15) is 9.61 Å². The fourth-order valence-electron chi connectivity index (χ4n) is 4.13. The van der Waals surface area contributed by atoms with Gasteiger partial charge in [0.1, 0.15) is 5.69 Å². The highest BCUT2D eigenvalue weighted by molar-refractivity contribution is 8.04. The number of aromatic hydroxyl groups is 1. The van der Waals surface area contributed by atoms with Gasteiger partial charge in [0.15, 0.2) is 11.1 Å². The maximum absolute atomic E-state index is 12.9. The van der Waals surface area contributed by atoms with Crippen LogP contribution in [0.5, 0.6) is 5.88 Å². The number of fused-ring (bicyclic) bond motifs is 1. The van der Waals surface area contributed by atoms with Crippen LogP contribution < -0.4 is 21.7 Å². The number of carbonyl (C=O) groups excluding carboxylic acids is 2. The number of amides is 2. The zero-order valence-electron chi connectivity index (χ0n) is 18.5. The molecule has 13 heteroatoms. The molecule has 0 aromatic carbocycles. The molecule has 1 aliphatic carbocycles. The van der Waals surface area contributed by atoms with Gasteiger partial charge in [0, 0.05) is 24.4 Å². The number of aromatic amines is 2. The molecule has 4 N–H and O–H groups in total. The predicted octanol–water partition coefficient (Wildman–Crippen LogP) is -0.918. The van der Waals surface area contributed by atoms with Gasteiger partial charge in [0.2, 0.25) is 11.8 Å². The molecule has 180 valence electrons. The zero-order valence-corrected chi connectivity index (χ0v) is 19.3. The third kappa shape index (κ3) is 4.22.